The summed E-state index contributed by atoms with van der Waals surface area (Å²) in [7, 11) is 0. The SMILES string of the molecule is O=C(CCN1CCN2Cc3ccccc3CC2C1)Nc1ccccc1. The summed E-state index contributed by atoms with van der Waals surface area (Å²) in [5.74, 6) is 0.0996. The van der Waals surface area contributed by atoms with Gasteiger partial charge < -0.3 is 5.32 Å². The molecule has 4 nitrogen and oxygen atoms in total. The van der Waals surface area contributed by atoms with Gasteiger partial charge in [-0.15, -0.1) is 0 Å². The minimum atomic E-state index is 0.0996. The number of piperazine rings is 1. The van der Waals surface area contributed by atoms with Crippen LogP contribution in [0.15, 0.2) is 54.6 Å². The largest absolute Gasteiger partial charge is 0.326 e. The Hall–Kier alpha value is -2.17. The van der Waals surface area contributed by atoms with Crippen LogP contribution in [0.3, 0.4) is 0 Å². The van der Waals surface area contributed by atoms with Gasteiger partial charge in [0.25, 0.3) is 0 Å². The van der Waals surface area contributed by atoms with Crippen LogP contribution in [0.2, 0.25) is 0 Å². The van der Waals surface area contributed by atoms with Gasteiger partial charge in [0, 0.05) is 50.9 Å². The van der Waals surface area contributed by atoms with E-state index in [1.807, 2.05) is 30.3 Å². The third-order valence-corrected chi connectivity index (χ3v) is 5.35. The molecule has 2 aromatic carbocycles. The quantitative estimate of drug-likeness (QED) is 0.933. The van der Waals surface area contributed by atoms with Gasteiger partial charge in [-0.3, -0.25) is 14.6 Å². The number of para-hydroxylation sites is 1. The lowest BCUT2D eigenvalue weighted by Gasteiger charge is -2.44. The first-order valence-electron chi connectivity index (χ1n) is 9.16. The van der Waals surface area contributed by atoms with Crippen molar-refractivity contribution in [3.05, 3.63) is 65.7 Å². The number of hydrogen-bond donors (Lipinski definition) is 1. The van der Waals surface area contributed by atoms with E-state index >= 15 is 0 Å². The van der Waals surface area contributed by atoms with Crippen molar-refractivity contribution in [3.8, 4) is 0 Å². The first-order chi connectivity index (χ1) is 12.3. The van der Waals surface area contributed by atoms with E-state index < -0.39 is 0 Å². The Morgan fingerprint density at radius 1 is 1.00 bits per heavy atom. The number of benzene rings is 2. The molecule has 1 fully saturated rings. The lowest BCUT2D eigenvalue weighted by atomic mass is 9.92. The zero-order valence-corrected chi connectivity index (χ0v) is 14.5. The van der Waals surface area contributed by atoms with Crippen molar-refractivity contribution in [1.29, 1.82) is 0 Å². The molecule has 0 spiro atoms. The van der Waals surface area contributed by atoms with Gasteiger partial charge in [0.1, 0.15) is 0 Å². The first kappa shape index (κ1) is 16.3. The maximum atomic E-state index is 12.2. The maximum absolute atomic E-state index is 12.2. The number of nitrogens with zero attached hydrogens (tertiary/aromatic N) is 2. The Morgan fingerprint density at radius 2 is 1.76 bits per heavy atom. The van der Waals surface area contributed by atoms with Gasteiger partial charge in [0.05, 0.1) is 0 Å². The van der Waals surface area contributed by atoms with Crippen LogP contribution in [0, 0.1) is 0 Å². The van der Waals surface area contributed by atoms with E-state index in [1.54, 1.807) is 0 Å². The molecular formula is C21H25N3O. The highest BCUT2D eigenvalue weighted by atomic mass is 16.1. The second-order valence-corrected chi connectivity index (χ2v) is 7.06. The molecule has 0 aromatic heterocycles. The van der Waals surface area contributed by atoms with Crippen molar-refractivity contribution >= 4 is 11.6 Å². The number of amides is 1. The molecule has 2 heterocycles. The molecule has 1 amide bonds. The molecule has 0 saturated carbocycles. The average Bonchev–Trinajstić information content (AvgIpc) is 2.65. The Labute approximate surface area is 149 Å². The van der Waals surface area contributed by atoms with Gasteiger partial charge >= 0.3 is 0 Å². The fourth-order valence-electron chi connectivity index (χ4n) is 3.95. The first-order valence-corrected chi connectivity index (χ1v) is 9.16. The molecule has 4 rings (SSSR count). The van der Waals surface area contributed by atoms with Crippen molar-refractivity contribution in [2.75, 3.05) is 31.5 Å². The molecule has 0 radical (unpaired) electrons. The van der Waals surface area contributed by atoms with Crippen LogP contribution in [0.5, 0.6) is 0 Å². The lowest BCUT2D eigenvalue weighted by Crippen LogP contribution is -2.55. The number of nitrogens with one attached hydrogen (secondary N) is 1. The second kappa shape index (κ2) is 7.38. The number of anilines is 1. The summed E-state index contributed by atoms with van der Waals surface area (Å²) < 4.78 is 0. The van der Waals surface area contributed by atoms with Crippen LogP contribution in [-0.2, 0) is 17.8 Å². The number of fused-ring (bicyclic) bond motifs is 2. The molecule has 1 saturated heterocycles. The van der Waals surface area contributed by atoms with E-state index in [0.29, 0.717) is 12.5 Å². The molecular weight excluding hydrogens is 310 g/mol. The third-order valence-electron chi connectivity index (χ3n) is 5.35. The van der Waals surface area contributed by atoms with E-state index in [4.69, 9.17) is 0 Å². The molecule has 1 unspecified atom stereocenters. The molecule has 1 N–H and O–H groups in total. The Morgan fingerprint density at radius 3 is 2.60 bits per heavy atom. The van der Waals surface area contributed by atoms with Gasteiger partial charge in [0.15, 0.2) is 0 Å². The number of carbonyl (C=O) groups excluding carboxylic acids is 1. The van der Waals surface area contributed by atoms with Crippen molar-refractivity contribution < 1.29 is 4.79 Å². The van der Waals surface area contributed by atoms with E-state index in [9.17, 15) is 4.79 Å². The zero-order chi connectivity index (χ0) is 17.1. The summed E-state index contributed by atoms with van der Waals surface area (Å²) in [6, 6.07) is 19.1. The molecule has 0 aliphatic carbocycles. The van der Waals surface area contributed by atoms with Crippen LogP contribution in [0.4, 0.5) is 5.69 Å². The molecule has 25 heavy (non-hydrogen) atoms. The lowest BCUT2D eigenvalue weighted by molar-refractivity contribution is -0.116. The second-order valence-electron chi connectivity index (χ2n) is 7.06. The standard InChI is InChI=1S/C21H25N3O/c25-21(22-19-8-2-1-3-9-19)10-11-23-12-13-24-15-18-7-5-4-6-17(18)14-20(24)16-23/h1-9,20H,10-16H2,(H,22,25). The minimum absolute atomic E-state index is 0.0996. The van der Waals surface area contributed by atoms with Crippen molar-refractivity contribution in [1.82, 2.24) is 9.80 Å². The fourth-order valence-corrected chi connectivity index (χ4v) is 3.95. The zero-order valence-electron chi connectivity index (χ0n) is 14.5. The highest BCUT2D eigenvalue weighted by Gasteiger charge is 2.31. The summed E-state index contributed by atoms with van der Waals surface area (Å²) >= 11 is 0. The van der Waals surface area contributed by atoms with Crippen LogP contribution in [0.25, 0.3) is 0 Å². The average molecular weight is 335 g/mol. The van der Waals surface area contributed by atoms with E-state index in [-0.39, 0.29) is 5.91 Å². The fraction of sp³-hybridized carbons (Fsp3) is 0.381. The van der Waals surface area contributed by atoms with E-state index in [1.165, 1.54) is 11.1 Å². The van der Waals surface area contributed by atoms with Gasteiger partial charge in [-0.05, 0) is 29.7 Å². The maximum Gasteiger partial charge on any atom is 0.225 e. The van der Waals surface area contributed by atoms with Crippen molar-refractivity contribution in [3.63, 3.8) is 0 Å². The van der Waals surface area contributed by atoms with Crippen molar-refractivity contribution in [2.45, 2.75) is 25.4 Å². The smallest absolute Gasteiger partial charge is 0.225 e. The predicted octanol–water partition coefficient (Wildman–Crippen LogP) is 2.76. The monoisotopic (exact) mass is 335 g/mol. The highest BCUT2D eigenvalue weighted by molar-refractivity contribution is 5.90. The molecule has 2 aliphatic rings. The van der Waals surface area contributed by atoms with Crippen LogP contribution in [0.1, 0.15) is 17.5 Å². The van der Waals surface area contributed by atoms with Crippen molar-refractivity contribution in [2.24, 2.45) is 0 Å². The molecule has 130 valence electrons. The Balaban J connectivity index is 1.29. The van der Waals surface area contributed by atoms with Crippen LogP contribution in [-0.4, -0.2) is 47.9 Å². The summed E-state index contributed by atoms with van der Waals surface area (Å²) in [5.41, 5.74) is 3.85. The Bertz CT molecular complexity index is 731. The summed E-state index contributed by atoms with van der Waals surface area (Å²) in [4.78, 5) is 17.2. The van der Waals surface area contributed by atoms with Gasteiger partial charge in [0.2, 0.25) is 5.91 Å². The molecule has 2 aliphatic heterocycles. The molecule has 1 atom stereocenters. The number of hydrogen-bond acceptors (Lipinski definition) is 3. The van der Waals surface area contributed by atoms with Crippen LogP contribution < -0.4 is 5.32 Å². The van der Waals surface area contributed by atoms with E-state index in [2.05, 4.69) is 39.4 Å². The molecule has 0 bridgehead atoms. The summed E-state index contributed by atoms with van der Waals surface area (Å²) in [5, 5.41) is 2.97. The normalized spacial score (nSPS) is 20.6. The topological polar surface area (TPSA) is 35.6 Å². The molecule has 2 aromatic rings. The molecule has 4 heteroatoms. The summed E-state index contributed by atoms with van der Waals surface area (Å²) in [6.45, 7) is 5.12. The number of rotatable bonds is 4. The third kappa shape index (κ3) is 3.91. The highest BCUT2D eigenvalue weighted by Crippen LogP contribution is 2.25. The summed E-state index contributed by atoms with van der Waals surface area (Å²) in [6.07, 6.45) is 1.68. The van der Waals surface area contributed by atoms with E-state index in [0.717, 1.165) is 44.8 Å². The van der Waals surface area contributed by atoms with Gasteiger partial charge in [-0.1, -0.05) is 42.5 Å². The Kier molecular flexibility index (Phi) is 4.81. The number of carbonyl (C=O) groups is 1. The van der Waals surface area contributed by atoms with Gasteiger partial charge in [-0.25, -0.2) is 0 Å². The predicted molar refractivity (Wildman–Crippen MR) is 100 cm³/mol. The van der Waals surface area contributed by atoms with Gasteiger partial charge in [-0.2, -0.15) is 0 Å². The minimum Gasteiger partial charge on any atom is -0.326 e. The van der Waals surface area contributed by atoms with Crippen LogP contribution >= 0.6 is 0 Å².